The first kappa shape index (κ1) is 16.0. The maximum absolute atomic E-state index is 8.80. The summed E-state index contributed by atoms with van der Waals surface area (Å²) < 4.78 is 11.6. The van der Waals surface area contributed by atoms with Gasteiger partial charge >= 0.3 is 0 Å². The fourth-order valence-electron chi connectivity index (χ4n) is 2.65. The van der Waals surface area contributed by atoms with Crippen LogP contribution >= 0.6 is 0 Å². The van der Waals surface area contributed by atoms with Crippen molar-refractivity contribution in [1.29, 1.82) is 5.26 Å². The standard InChI is InChI=1S/C18H25NO2/c1-2-3-4-5-6-7-16-13-20-18(21-14-16)17-10-8-15(12-19)9-11-17/h8-11,16,18H,2-7,13-14H2,1H3/t16-,18-. The van der Waals surface area contributed by atoms with Gasteiger partial charge in [-0.05, 0) is 18.6 Å². The van der Waals surface area contributed by atoms with E-state index in [1.807, 2.05) is 24.3 Å². The lowest BCUT2D eigenvalue weighted by Crippen LogP contribution is -2.27. The molecule has 1 aromatic carbocycles. The van der Waals surface area contributed by atoms with E-state index >= 15 is 0 Å². The van der Waals surface area contributed by atoms with Gasteiger partial charge in [0.15, 0.2) is 6.29 Å². The number of rotatable bonds is 7. The minimum Gasteiger partial charge on any atom is -0.348 e. The Morgan fingerprint density at radius 2 is 1.71 bits per heavy atom. The fraction of sp³-hybridized carbons (Fsp3) is 0.611. The highest BCUT2D eigenvalue weighted by atomic mass is 16.7. The maximum atomic E-state index is 8.80. The van der Waals surface area contributed by atoms with Crippen molar-refractivity contribution in [2.45, 2.75) is 51.7 Å². The number of unbranched alkanes of at least 4 members (excludes halogenated alkanes) is 4. The van der Waals surface area contributed by atoms with E-state index in [1.165, 1.54) is 38.5 Å². The normalized spacial score (nSPS) is 21.9. The van der Waals surface area contributed by atoms with Crippen LogP contribution in [0.15, 0.2) is 24.3 Å². The summed E-state index contributed by atoms with van der Waals surface area (Å²) in [7, 11) is 0. The van der Waals surface area contributed by atoms with Gasteiger partial charge in [0.1, 0.15) is 0 Å². The van der Waals surface area contributed by atoms with Crippen molar-refractivity contribution in [1.82, 2.24) is 0 Å². The summed E-state index contributed by atoms with van der Waals surface area (Å²) in [5.41, 5.74) is 1.66. The number of hydrogen-bond acceptors (Lipinski definition) is 3. The molecule has 1 aliphatic rings. The van der Waals surface area contributed by atoms with E-state index in [0.717, 1.165) is 18.8 Å². The number of ether oxygens (including phenoxy) is 2. The molecule has 1 aromatic rings. The molecule has 0 spiro atoms. The SMILES string of the molecule is CCCCCCC[C@H]1CO[C@H](c2ccc(C#N)cc2)OC1. The third-order valence-corrected chi connectivity index (χ3v) is 3.99. The average Bonchev–Trinajstić information content (AvgIpc) is 2.55. The Kier molecular flexibility index (Phi) is 6.72. The van der Waals surface area contributed by atoms with Crippen molar-refractivity contribution >= 4 is 0 Å². The van der Waals surface area contributed by atoms with Crippen LogP contribution in [0.1, 0.15) is 62.9 Å². The molecule has 0 unspecified atom stereocenters. The maximum Gasteiger partial charge on any atom is 0.183 e. The largest absolute Gasteiger partial charge is 0.348 e. The molecule has 0 saturated carbocycles. The molecule has 3 nitrogen and oxygen atoms in total. The third-order valence-electron chi connectivity index (χ3n) is 3.99. The quantitative estimate of drug-likeness (QED) is 0.689. The monoisotopic (exact) mass is 287 g/mol. The van der Waals surface area contributed by atoms with Crippen molar-refractivity contribution in [3.8, 4) is 6.07 Å². The molecule has 0 aliphatic carbocycles. The van der Waals surface area contributed by atoms with E-state index in [9.17, 15) is 0 Å². The Labute approximate surface area is 127 Å². The van der Waals surface area contributed by atoms with E-state index < -0.39 is 0 Å². The summed E-state index contributed by atoms with van der Waals surface area (Å²) in [5.74, 6) is 0.529. The minimum absolute atomic E-state index is 0.269. The highest BCUT2D eigenvalue weighted by Crippen LogP contribution is 2.27. The lowest BCUT2D eigenvalue weighted by Gasteiger charge is -2.29. The number of nitriles is 1. The topological polar surface area (TPSA) is 42.2 Å². The first-order chi connectivity index (χ1) is 10.3. The molecular formula is C18H25NO2. The Morgan fingerprint density at radius 1 is 1.05 bits per heavy atom. The number of benzene rings is 1. The second-order valence-corrected chi connectivity index (χ2v) is 5.80. The van der Waals surface area contributed by atoms with Gasteiger partial charge in [-0.25, -0.2) is 0 Å². The Balaban J connectivity index is 1.69. The van der Waals surface area contributed by atoms with Crippen LogP contribution in [-0.4, -0.2) is 13.2 Å². The zero-order chi connectivity index (χ0) is 14.9. The van der Waals surface area contributed by atoms with Gasteiger partial charge in [0.25, 0.3) is 0 Å². The molecule has 0 radical (unpaired) electrons. The number of hydrogen-bond donors (Lipinski definition) is 0. The van der Waals surface area contributed by atoms with Crippen LogP contribution in [-0.2, 0) is 9.47 Å². The van der Waals surface area contributed by atoms with Gasteiger partial charge in [-0.3, -0.25) is 0 Å². The van der Waals surface area contributed by atoms with Crippen molar-refractivity contribution in [3.05, 3.63) is 35.4 Å². The van der Waals surface area contributed by atoms with Crippen molar-refractivity contribution in [2.24, 2.45) is 5.92 Å². The molecule has 0 atom stereocenters. The van der Waals surface area contributed by atoms with Crippen LogP contribution in [0.2, 0.25) is 0 Å². The molecule has 1 heterocycles. The van der Waals surface area contributed by atoms with Crippen LogP contribution in [0, 0.1) is 17.2 Å². The summed E-state index contributed by atoms with van der Waals surface area (Å²) in [5, 5.41) is 8.80. The summed E-state index contributed by atoms with van der Waals surface area (Å²) in [6.45, 7) is 3.79. The zero-order valence-corrected chi connectivity index (χ0v) is 12.9. The summed E-state index contributed by atoms with van der Waals surface area (Å²) >= 11 is 0. The highest BCUT2D eigenvalue weighted by molar-refractivity contribution is 5.32. The average molecular weight is 287 g/mol. The first-order valence-electron chi connectivity index (χ1n) is 8.06. The van der Waals surface area contributed by atoms with Gasteiger partial charge in [0.2, 0.25) is 0 Å². The Morgan fingerprint density at radius 3 is 2.33 bits per heavy atom. The molecular weight excluding hydrogens is 262 g/mol. The fourth-order valence-corrected chi connectivity index (χ4v) is 2.65. The molecule has 2 rings (SSSR count). The van der Waals surface area contributed by atoms with Crippen molar-refractivity contribution in [2.75, 3.05) is 13.2 Å². The first-order valence-corrected chi connectivity index (χ1v) is 8.06. The van der Waals surface area contributed by atoms with Crippen LogP contribution in [0.5, 0.6) is 0 Å². The van der Waals surface area contributed by atoms with E-state index in [-0.39, 0.29) is 6.29 Å². The molecule has 0 bridgehead atoms. The predicted octanol–water partition coefficient (Wildman–Crippen LogP) is 4.58. The van der Waals surface area contributed by atoms with E-state index in [1.54, 1.807) is 0 Å². The third kappa shape index (κ3) is 5.15. The molecule has 3 heteroatoms. The molecule has 1 saturated heterocycles. The molecule has 0 N–H and O–H groups in total. The summed E-state index contributed by atoms with van der Waals surface area (Å²) in [6, 6.07) is 9.56. The van der Waals surface area contributed by atoms with Crippen LogP contribution < -0.4 is 0 Å². The lowest BCUT2D eigenvalue weighted by atomic mass is 10.0. The molecule has 1 aliphatic heterocycles. The highest BCUT2D eigenvalue weighted by Gasteiger charge is 2.23. The van der Waals surface area contributed by atoms with Gasteiger partial charge in [0, 0.05) is 11.5 Å². The Hall–Kier alpha value is -1.37. The van der Waals surface area contributed by atoms with Gasteiger partial charge in [-0.2, -0.15) is 5.26 Å². The predicted molar refractivity (Wildman–Crippen MR) is 82.7 cm³/mol. The lowest BCUT2D eigenvalue weighted by molar-refractivity contribution is -0.206. The van der Waals surface area contributed by atoms with Crippen molar-refractivity contribution < 1.29 is 9.47 Å². The van der Waals surface area contributed by atoms with E-state index in [2.05, 4.69) is 13.0 Å². The van der Waals surface area contributed by atoms with Crippen molar-refractivity contribution in [3.63, 3.8) is 0 Å². The Bertz CT molecular complexity index is 441. The van der Waals surface area contributed by atoms with Crippen LogP contribution in [0.4, 0.5) is 0 Å². The molecule has 0 aromatic heterocycles. The molecule has 114 valence electrons. The van der Waals surface area contributed by atoms with Gasteiger partial charge < -0.3 is 9.47 Å². The van der Waals surface area contributed by atoms with Gasteiger partial charge in [-0.15, -0.1) is 0 Å². The summed E-state index contributed by atoms with van der Waals surface area (Å²) in [6.07, 6.45) is 7.51. The molecule has 1 fully saturated rings. The summed E-state index contributed by atoms with van der Waals surface area (Å²) in [4.78, 5) is 0. The van der Waals surface area contributed by atoms with Crippen LogP contribution in [0.3, 0.4) is 0 Å². The second kappa shape index (κ2) is 8.81. The van der Waals surface area contributed by atoms with Gasteiger partial charge in [0.05, 0.1) is 24.8 Å². The zero-order valence-electron chi connectivity index (χ0n) is 12.9. The van der Waals surface area contributed by atoms with E-state index in [4.69, 9.17) is 14.7 Å². The smallest absolute Gasteiger partial charge is 0.183 e. The molecule has 21 heavy (non-hydrogen) atoms. The second-order valence-electron chi connectivity index (χ2n) is 5.80. The van der Waals surface area contributed by atoms with Crippen LogP contribution in [0.25, 0.3) is 0 Å². The molecule has 0 amide bonds. The van der Waals surface area contributed by atoms with Gasteiger partial charge in [-0.1, -0.05) is 51.2 Å². The minimum atomic E-state index is -0.269. The van der Waals surface area contributed by atoms with E-state index in [0.29, 0.717) is 11.5 Å². The number of nitrogens with zero attached hydrogens (tertiary/aromatic N) is 1.